The van der Waals surface area contributed by atoms with Crippen LogP contribution in [0.3, 0.4) is 0 Å². The smallest absolute Gasteiger partial charge is 0.352 e. The fourth-order valence-electron chi connectivity index (χ4n) is 6.23. The number of hydrogen-bond acceptors (Lipinski definition) is 6. The van der Waals surface area contributed by atoms with Crippen LogP contribution in [-0.2, 0) is 16.1 Å². The quantitative estimate of drug-likeness (QED) is 0.344. The van der Waals surface area contributed by atoms with Gasteiger partial charge in [-0.1, -0.05) is 36.8 Å². The van der Waals surface area contributed by atoms with Gasteiger partial charge in [-0.15, -0.1) is 0 Å². The van der Waals surface area contributed by atoms with Crippen molar-refractivity contribution in [1.82, 2.24) is 9.80 Å². The number of carboxylic acids is 1. The molecule has 0 bridgehead atoms. The van der Waals surface area contributed by atoms with Crippen molar-refractivity contribution in [2.75, 3.05) is 6.54 Å². The number of amides is 1. The molecule has 5 N–H and O–H groups in total. The molecule has 3 aliphatic heterocycles. The van der Waals surface area contributed by atoms with E-state index in [1.54, 1.807) is 6.92 Å². The number of hydrogen-bond donors (Lipinski definition) is 4. The molecule has 1 aromatic carbocycles. The summed E-state index contributed by atoms with van der Waals surface area (Å²) in [5.41, 5.74) is 9.00. The molecule has 3 heterocycles. The van der Waals surface area contributed by atoms with Gasteiger partial charge in [0.05, 0.1) is 18.1 Å². The van der Waals surface area contributed by atoms with E-state index in [0.29, 0.717) is 12.8 Å². The number of benzene rings is 1. The van der Waals surface area contributed by atoms with Gasteiger partial charge in [-0.3, -0.25) is 9.69 Å². The highest BCUT2D eigenvalue weighted by Gasteiger charge is 2.59. The maximum absolute atomic E-state index is 12.6. The molecule has 0 radical (unpaired) electrons. The second-order valence-electron chi connectivity index (χ2n) is 10.1. The van der Waals surface area contributed by atoms with Gasteiger partial charge in [-0.05, 0) is 43.7 Å². The summed E-state index contributed by atoms with van der Waals surface area (Å²) in [6, 6.07) is 8.15. The molecule has 3 aliphatic rings. The summed E-state index contributed by atoms with van der Waals surface area (Å²) in [7, 11) is 0. The molecule has 2 saturated heterocycles. The Morgan fingerprint density at radius 1 is 1.30 bits per heavy atom. The number of rotatable bonds is 8. The van der Waals surface area contributed by atoms with E-state index in [1.165, 1.54) is 16.0 Å². The fraction of sp³-hybridized carbons (Fsp3) is 0.600. The second-order valence-corrected chi connectivity index (χ2v) is 10.1. The van der Waals surface area contributed by atoms with Crippen LogP contribution in [-0.4, -0.2) is 68.0 Å². The number of carboxylic acid groups (broad SMARTS) is 1. The Bertz CT molecular complexity index is 959. The molecule has 33 heavy (non-hydrogen) atoms. The van der Waals surface area contributed by atoms with Crippen molar-refractivity contribution in [3.8, 4) is 0 Å². The van der Waals surface area contributed by atoms with Crippen LogP contribution in [0.1, 0.15) is 44.2 Å². The van der Waals surface area contributed by atoms with Crippen molar-refractivity contribution in [3.05, 3.63) is 46.7 Å². The first-order chi connectivity index (χ1) is 15.6. The Hall–Kier alpha value is -2.26. The van der Waals surface area contributed by atoms with E-state index in [2.05, 4.69) is 30.0 Å². The van der Waals surface area contributed by atoms with Crippen molar-refractivity contribution in [2.45, 2.75) is 71.0 Å². The van der Waals surface area contributed by atoms with Crippen LogP contribution in [0.15, 0.2) is 35.5 Å². The molecular weight excluding hydrogens is 422 g/mol. The normalized spacial score (nSPS) is 31.5. The highest BCUT2D eigenvalue weighted by Crippen LogP contribution is 2.49. The summed E-state index contributed by atoms with van der Waals surface area (Å²) >= 11 is 0. The number of aliphatic carboxylic acids is 1. The van der Waals surface area contributed by atoms with Gasteiger partial charge in [0.1, 0.15) is 11.9 Å². The molecule has 1 aromatic rings. The third-order valence-corrected chi connectivity index (χ3v) is 7.62. The monoisotopic (exact) mass is 457 g/mol. The number of fused-ring (bicyclic) bond motifs is 1. The van der Waals surface area contributed by atoms with Crippen molar-refractivity contribution in [2.24, 2.45) is 23.5 Å². The van der Waals surface area contributed by atoms with Crippen LogP contribution >= 0.6 is 0 Å². The summed E-state index contributed by atoms with van der Waals surface area (Å²) in [6.45, 7) is 7.13. The number of likely N-dealkylation sites (tertiary alicyclic amines) is 1. The maximum Gasteiger partial charge on any atom is 0.352 e. The molecule has 2 fully saturated rings. The lowest BCUT2D eigenvalue weighted by atomic mass is 9.76. The van der Waals surface area contributed by atoms with Crippen LogP contribution in [0.5, 0.6) is 0 Å². The van der Waals surface area contributed by atoms with Gasteiger partial charge in [0.2, 0.25) is 5.91 Å². The van der Waals surface area contributed by atoms with Crippen molar-refractivity contribution >= 4 is 11.9 Å². The number of carbonyl (C=O) groups excluding carboxylic acids is 1. The molecule has 180 valence electrons. The summed E-state index contributed by atoms with van der Waals surface area (Å²) in [5, 5.41) is 29.8. The topological polar surface area (TPSA) is 127 Å². The van der Waals surface area contributed by atoms with Crippen LogP contribution in [0, 0.1) is 24.7 Å². The van der Waals surface area contributed by atoms with Crippen LogP contribution in [0.2, 0.25) is 0 Å². The molecule has 1 amide bonds. The van der Waals surface area contributed by atoms with Gasteiger partial charge >= 0.3 is 5.97 Å². The molecule has 0 saturated carbocycles. The largest absolute Gasteiger partial charge is 0.477 e. The van der Waals surface area contributed by atoms with Gasteiger partial charge in [0, 0.05) is 31.5 Å². The summed E-state index contributed by atoms with van der Waals surface area (Å²) < 4.78 is 0. The lowest BCUT2D eigenvalue weighted by molar-refractivity contribution is -0.163. The van der Waals surface area contributed by atoms with Gasteiger partial charge < -0.3 is 26.0 Å². The molecule has 0 spiro atoms. The third-order valence-electron chi connectivity index (χ3n) is 7.62. The zero-order valence-corrected chi connectivity index (χ0v) is 19.5. The summed E-state index contributed by atoms with van der Waals surface area (Å²) in [6.07, 6.45) is 0.139. The van der Waals surface area contributed by atoms with E-state index in [9.17, 15) is 24.9 Å². The number of aliphatic hydroxyl groups is 2. The Kier molecular flexibility index (Phi) is 6.64. The number of nitrogens with zero attached hydrogens (tertiary/aromatic N) is 2. The van der Waals surface area contributed by atoms with Crippen molar-refractivity contribution < 1.29 is 24.9 Å². The molecular formula is C25H35N3O5. The van der Waals surface area contributed by atoms with Gasteiger partial charge in [0.25, 0.3) is 0 Å². The first kappa shape index (κ1) is 23.9. The maximum atomic E-state index is 12.6. The van der Waals surface area contributed by atoms with Crippen molar-refractivity contribution in [3.63, 3.8) is 0 Å². The van der Waals surface area contributed by atoms with E-state index in [-0.39, 0.29) is 35.5 Å². The van der Waals surface area contributed by atoms with Crippen LogP contribution in [0.25, 0.3) is 0 Å². The molecule has 0 aromatic heterocycles. The van der Waals surface area contributed by atoms with E-state index in [1.807, 2.05) is 13.0 Å². The van der Waals surface area contributed by atoms with E-state index < -0.39 is 24.2 Å². The standard InChI is InChI=1S/C25H35N3O5/c1-13-5-4-6-16(7-13)11-27-12-17(8-18(27)10-20(26)30)9-19-14(2)22-21(15(3)29)24(31)28(22)23(19)25(32)33/h4-7,14-15,17-18,20-22,29-30H,8-12,26H2,1-3H3,(H,32,33). The molecule has 7 atom stereocenters. The minimum Gasteiger partial charge on any atom is -0.477 e. The van der Waals surface area contributed by atoms with Crippen LogP contribution in [0.4, 0.5) is 0 Å². The zero-order chi connectivity index (χ0) is 24.0. The SMILES string of the molecule is Cc1cccc(CN2CC(CC3=C(C(=O)O)N4C(=O)C(C(C)O)C4C3C)CC2CC(N)O)c1. The molecule has 0 aliphatic carbocycles. The highest BCUT2D eigenvalue weighted by molar-refractivity contribution is 6.00. The van der Waals surface area contributed by atoms with Crippen LogP contribution < -0.4 is 5.73 Å². The minimum atomic E-state index is -1.08. The minimum absolute atomic E-state index is 0.0990. The molecule has 4 rings (SSSR count). The molecule has 7 unspecified atom stereocenters. The highest BCUT2D eigenvalue weighted by atomic mass is 16.4. The predicted octanol–water partition coefficient (Wildman–Crippen LogP) is 1.44. The summed E-state index contributed by atoms with van der Waals surface area (Å²) in [4.78, 5) is 28.4. The van der Waals surface area contributed by atoms with Crippen molar-refractivity contribution in [1.29, 1.82) is 0 Å². The first-order valence-corrected chi connectivity index (χ1v) is 11.8. The van der Waals surface area contributed by atoms with E-state index in [4.69, 9.17) is 5.73 Å². The second kappa shape index (κ2) is 9.18. The average molecular weight is 458 g/mol. The molecule has 8 heteroatoms. The zero-order valence-electron chi connectivity index (χ0n) is 19.5. The Morgan fingerprint density at radius 2 is 2.03 bits per heavy atom. The number of aryl methyl sites for hydroxylation is 1. The Morgan fingerprint density at radius 3 is 2.64 bits per heavy atom. The lowest BCUT2D eigenvalue weighted by Gasteiger charge is -2.46. The van der Waals surface area contributed by atoms with Gasteiger partial charge in [-0.2, -0.15) is 0 Å². The first-order valence-electron chi connectivity index (χ1n) is 11.8. The van der Waals surface area contributed by atoms with Gasteiger partial charge in [0.15, 0.2) is 0 Å². The number of β-lactam (4-membered cyclic amide) rings is 1. The van der Waals surface area contributed by atoms with E-state index in [0.717, 1.165) is 25.1 Å². The summed E-state index contributed by atoms with van der Waals surface area (Å²) in [5.74, 6) is -1.85. The average Bonchev–Trinajstić information content (AvgIpc) is 3.18. The Balaban J connectivity index is 1.54. The molecule has 8 nitrogen and oxygen atoms in total. The number of carbonyl (C=O) groups is 2. The third kappa shape index (κ3) is 4.45. The van der Waals surface area contributed by atoms with Gasteiger partial charge in [-0.25, -0.2) is 4.79 Å². The number of nitrogens with two attached hydrogens (primary N) is 1. The lowest BCUT2D eigenvalue weighted by Crippen LogP contribution is -2.63. The van der Waals surface area contributed by atoms with E-state index >= 15 is 0 Å². The predicted molar refractivity (Wildman–Crippen MR) is 123 cm³/mol. The fourth-order valence-corrected chi connectivity index (χ4v) is 6.23. The number of aliphatic hydroxyl groups excluding tert-OH is 2. The Labute approximate surface area is 194 Å².